The van der Waals surface area contributed by atoms with Crippen LogP contribution in [0.1, 0.15) is 33.6 Å². The molecule has 0 amide bonds. The second-order valence-electron chi connectivity index (χ2n) is 4.43. The van der Waals surface area contributed by atoms with E-state index in [0.29, 0.717) is 5.92 Å². The Balaban J connectivity index is 0.000000255. The molecule has 0 spiro atoms. The fraction of sp³-hybridized carbons (Fsp3) is 0.900. The van der Waals surface area contributed by atoms with Gasteiger partial charge in [0.05, 0.1) is 5.60 Å². The van der Waals surface area contributed by atoms with Gasteiger partial charge in [-0.05, 0) is 46.7 Å². The van der Waals surface area contributed by atoms with Crippen molar-refractivity contribution in [3.8, 4) is 0 Å². The van der Waals surface area contributed by atoms with E-state index >= 15 is 0 Å². The van der Waals surface area contributed by atoms with Crippen molar-refractivity contribution in [1.82, 2.24) is 5.32 Å². The van der Waals surface area contributed by atoms with Crippen LogP contribution in [0.15, 0.2) is 0 Å². The Labute approximate surface area is 85.6 Å². The van der Waals surface area contributed by atoms with Crippen LogP contribution in [0, 0.1) is 5.92 Å². The van der Waals surface area contributed by atoms with Crippen LogP contribution in [0.4, 0.5) is 0 Å². The first-order chi connectivity index (χ1) is 6.49. The van der Waals surface area contributed by atoms with Gasteiger partial charge in [-0.1, -0.05) is 0 Å². The first-order valence-corrected chi connectivity index (χ1v) is 4.98. The molecule has 84 valence electrons. The van der Waals surface area contributed by atoms with Gasteiger partial charge in [-0.2, -0.15) is 0 Å². The molecule has 0 bridgehead atoms. The zero-order valence-corrected chi connectivity index (χ0v) is 9.25. The molecule has 0 radical (unpaired) electrons. The first-order valence-electron chi connectivity index (χ1n) is 4.98. The fourth-order valence-electron chi connectivity index (χ4n) is 0.980. The molecule has 0 aromatic heterocycles. The summed E-state index contributed by atoms with van der Waals surface area (Å²) in [4.78, 5) is 14.1. The Bertz CT molecular complexity index is 148. The minimum atomic E-state index is -0.403. The summed E-state index contributed by atoms with van der Waals surface area (Å²) >= 11 is 0. The van der Waals surface area contributed by atoms with Crippen LogP contribution < -0.4 is 5.32 Å². The van der Waals surface area contributed by atoms with Crippen molar-refractivity contribution >= 4 is 6.29 Å². The smallest absolute Gasteiger partial charge is 0.123 e. The quantitative estimate of drug-likeness (QED) is 0.385. The number of hydrogen-bond acceptors (Lipinski definition) is 4. The molecule has 14 heavy (non-hydrogen) atoms. The average molecular weight is 203 g/mol. The Morgan fingerprint density at radius 3 is 2.00 bits per heavy atom. The summed E-state index contributed by atoms with van der Waals surface area (Å²) in [5.41, 5.74) is -0.403. The molecule has 2 N–H and O–H groups in total. The monoisotopic (exact) mass is 203 g/mol. The van der Waals surface area contributed by atoms with E-state index < -0.39 is 5.60 Å². The van der Waals surface area contributed by atoms with Crippen molar-refractivity contribution in [2.24, 2.45) is 5.92 Å². The fourth-order valence-corrected chi connectivity index (χ4v) is 0.980. The normalized spacial score (nSPS) is 18.3. The Morgan fingerprint density at radius 1 is 1.36 bits per heavy atom. The minimum absolute atomic E-state index is 0.344. The van der Waals surface area contributed by atoms with E-state index in [9.17, 15) is 4.79 Å². The van der Waals surface area contributed by atoms with Crippen molar-refractivity contribution in [3.05, 3.63) is 0 Å². The van der Waals surface area contributed by atoms with Crippen LogP contribution in [-0.4, -0.2) is 30.2 Å². The molecule has 0 unspecified atom stereocenters. The van der Waals surface area contributed by atoms with Gasteiger partial charge < -0.3 is 10.1 Å². The van der Waals surface area contributed by atoms with E-state index in [-0.39, 0.29) is 0 Å². The van der Waals surface area contributed by atoms with Crippen molar-refractivity contribution in [2.45, 2.75) is 39.2 Å². The Kier molecular flexibility index (Phi) is 6.70. The highest BCUT2D eigenvalue weighted by Gasteiger charge is 2.10. The predicted molar refractivity (Wildman–Crippen MR) is 55.1 cm³/mol. The molecule has 0 aliphatic carbocycles. The molecular weight excluding hydrogens is 182 g/mol. The van der Waals surface area contributed by atoms with Crippen LogP contribution >= 0.6 is 0 Å². The highest BCUT2D eigenvalue weighted by atomic mass is 17.1. The number of nitrogens with one attached hydrogen (secondary N) is 1. The average Bonchev–Trinajstić information content (AvgIpc) is 2.19. The van der Waals surface area contributed by atoms with Crippen LogP contribution in [0.2, 0.25) is 0 Å². The summed E-state index contributed by atoms with van der Waals surface area (Å²) in [6, 6.07) is 0. The largest absolute Gasteiger partial charge is 0.317 e. The molecule has 1 saturated heterocycles. The molecule has 1 rings (SSSR count). The molecule has 4 nitrogen and oxygen atoms in total. The van der Waals surface area contributed by atoms with Crippen LogP contribution in [-0.2, 0) is 9.68 Å². The van der Waals surface area contributed by atoms with Gasteiger partial charge in [-0.15, -0.1) is 0 Å². The van der Waals surface area contributed by atoms with Crippen molar-refractivity contribution < 1.29 is 14.9 Å². The van der Waals surface area contributed by atoms with Gasteiger partial charge in [0.2, 0.25) is 0 Å². The second kappa shape index (κ2) is 6.92. The summed E-state index contributed by atoms with van der Waals surface area (Å²) in [7, 11) is 0. The molecule has 4 heteroatoms. The highest BCUT2D eigenvalue weighted by Crippen LogP contribution is 2.06. The van der Waals surface area contributed by atoms with E-state index in [1.807, 2.05) is 0 Å². The lowest BCUT2D eigenvalue weighted by molar-refractivity contribution is -0.306. The third-order valence-electron chi connectivity index (χ3n) is 1.85. The van der Waals surface area contributed by atoms with Gasteiger partial charge >= 0.3 is 0 Å². The van der Waals surface area contributed by atoms with E-state index in [1.54, 1.807) is 20.8 Å². The van der Waals surface area contributed by atoms with Crippen LogP contribution in [0.3, 0.4) is 0 Å². The first kappa shape index (κ1) is 13.5. The number of carbonyl (C=O) groups excluding carboxylic acids is 1. The topological polar surface area (TPSA) is 58.6 Å². The molecular formula is C10H21NO3. The molecule has 0 aromatic rings. The lowest BCUT2D eigenvalue weighted by Crippen LogP contribution is -2.28. The van der Waals surface area contributed by atoms with Crippen molar-refractivity contribution in [3.63, 3.8) is 0 Å². The third-order valence-corrected chi connectivity index (χ3v) is 1.85. The van der Waals surface area contributed by atoms with Crippen LogP contribution in [0.5, 0.6) is 0 Å². The van der Waals surface area contributed by atoms with E-state index in [1.165, 1.54) is 0 Å². The molecule has 1 aliphatic rings. The lowest BCUT2D eigenvalue weighted by Gasteiger charge is -2.16. The second-order valence-corrected chi connectivity index (χ2v) is 4.43. The number of carbonyl (C=O) groups is 1. The summed E-state index contributed by atoms with van der Waals surface area (Å²) < 4.78 is 0. The lowest BCUT2D eigenvalue weighted by atomic mass is 10.0. The third kappa shape index (κ3) is 8.16. The maximum absolute atomic E-state index is 10.1. The SMILES string of the molecule is CC(C)(C)OO.O=CC1CCNCC1. The number of hydrogen-bond donors (Lipinski definition) is 2. The predicted octanol–water partition coefficient (Wildman–Crippen LogP) is 1.46. The molecule has 1 fully saturated rings. The highest BCUT2D eigenvalue weighted by molar-refractivity contribution is 5.53. The summed E-state index contributed by atoms with van der Waals surface area (Å²) in [6.07, 6.45) is 3.13. The minimum Gasteiger partial charge on any atom is -0.317 e. The van der Waals surface area contributed by atoms with E-state index in [4.69, 9.17) is 5.26 Å². The maximum atomic E-state index is 10.1. The van der Waals surface area contributed by atoms with Crippen molar-refractivity contribution in [1.29, 1.82) is 0 Å². The van der Waals surface area contributed by atoms with E-state index in [2.05, 4.69) is 10.2 Å². The van der Waals surface area contributed by atoms with Gasteiger partial charge in [-0.25, -0.2) is 4.89 Å². The van der Waals surface area contributed by atoms with Gasteiger partial charge in [0.15, 0.2) is 0 Å². The summed E-state index contributed by atoms with van der Waals surface area (Å²) in [5, 5.41) is 11.1. The zero-order chi connectivity index (χ0) is 11.0. The molecule has 1 aliphatic heterocycles. The molecule has 1 heterocycles. The Hall–Kier alpha value is -0.450. The Morgan fingerprint density at radius 2 is 1.79 bits per heavy atom. The van der Waals surface area contributed by atoms with Gasteiger partial charge in [-0.3, -0.25) is 5.26 Å². The maximum Gasteiger partial charge on any atom is 0.123 e. The van der Waals surface area contributed by atoms with E-state index in [0.717, 1.165) is 32.2 Å². The summed E-state index contributed by atoms with van der Waals surface area (Å²) in [5.74, 6) is 0.344. The number of rotatable bonds is 1. The number of piperidine rings is 1. The molecule has 0 aromatic carbocycles. The molecule has 0 saturated carbocycles. The van der Waals surface area contributed by atoms with Crippen molar-refractivity contribution in [2.75, 3.05) is 13.1 Å². The summed E-state index contributed by atoms with van der Waals surface area (Å²) in [6.45, 7) is 7.35. The van der Waals surface area contributed by atoms with Gasteiger partial charge in [0.1, 0.15) is 6.29 Å². The van der Waals surface area contributed by atoms with Gasteiger partial charge in [0, 0.05) is 5.92 Å². The van der Waals surface area contributed by atoms with Gasteiger partial charge in [0.25, 0.3) is 0 Å². The number of aldehydes is 1. The standard InChI is InChI=1S/C6H11NO.C4H10O2/c8-5-6-1-3-7-4-2-6;1-4(2,3)6-5/h5-7H,1-4H2;5H,1-3H3. The zero-order valence-electron chi connectivity index (χ0n) is 9.25. The molecule has 0 atom stereocenters. The van der Waals surface area contributed by atoms with Crippen LogP contribution in [0.25, 0.3) is 0 Å².